The van der Waals surface area contributed by atoms with Gasteiger partial charge in [-0.3, -0.25) is 0 Å². The van der Waals surface area contributed by atoms with Gasteiger partial charge in [0.25, 0.3) is 0 Å². The minimum atomic E-state index is 0.577. The number of aromatic nitrogens is 3. The summed E-state index contributed by atoms with van der Waals surface area (Å²) in [7, 11) is 0. The molecule has 0 spiro atoms. The molecule has 0 radical (unpaired) electrons. The SMILES string of the molecule is Cc1cc(Br)ccc1-c1ccc(CNn2cnnc2)o1. The Labute approximate surface area is 124 Å². The van der Waals surface area contributed by atoms with Crippen LogP contribution in [0.4, 0.5) is 0 Å². The van der Waals surface area contributed by atoms with Gasteiger partial charge in [0.05, 0.1) is 6.54 Å². The van der Waals surface area contributed by atoms with Crippen LogP contribution < -0.4 is 5.43 Å². The fourth-order valence-electron chi connectivity index (χ4n) is 1.97. The van der Waals surface area contributed by atoms with Crippen molar-refractivity contribution < 1.29 is 4.42 Å². The zero-order valence-corrected chi connectivity index (χ0v) is 12.5. The van der Waals surface area contributed by atoms with E-state index in [1.54, 1.807) is 17.3 Å². The number of hydrogen-bond acceptors (Lipinski definition) is 4. The number of furan rings is 1. The Kier molecular flexibility index (Phi) is 3.56. The van der Waals surface area contributed by atoms with Crippen molar-refractivity contribution in [3.63, 3.8) is 0 Å². The molecular weight excluding hydrogens is 320 g/mol. The molecule has 0 saturated heterocycles. The Hall–Kier alpha value is -2.08. The van der Waals surface area contributed by atoms with E-state index in [1.807, 2.05) is 18.2 Å². The highest BCUT2D eigenvalue weighted by molar-refractivity contribution is 9.10. The van der Waals surface area contributed by atoms with E-state index in [0.29, 0.717) is 6.54 Å². The zero-order valence-electron chi connectivity index (χ0n) is 10.9. The van der Waals surface area contributed by atoms with E-state index in [1.165, 1.54) is 5.56 Å². The third kappa shape index (κ3) is 2.75. The highest BCUT2D eigenvalue weighted by Crippen LogP contribution is 2.27. The highest BCUT2D eigenvalue weighted by Gasteiger charge is 2.07. The second-order valence-electron chi connectivity index (χ2n) is 4.43. The second kappa shape index (κ2) is 5.50. The Morgan fingerprint density at radius 1 is 1.20 bits per heavy atom. The molecule has 0 aliphatic heterocycles. The molecular formula is C14H13BrN4O. The van der Waals surface area contributed by atoms with Crippen LogP contribution in [0.1, 0.15) is 11.3 Å². The monoisotopic (exact) mass is 332 g/mol. The van der Waals surface area contributed by atoms with Crippen molar-refractivity contribution in [1.82, 2.24) is 14.9 Å². The van der Waals surface area contributed by atoms with Crippen LogP contribution in [0.5, 0.6) is 0 Å². The van der Waals surface area contributed by atoms with Crippen molar-refractivity contribution in [2.45, 2.75) is 13.5 Å². The largest absolute Gasteiger partial charge is 0.459 e. The molecule has 0 aliphatic rings. The fourth-order valence-corrected chi connectivity index (χ4v) is 2.45. The summed E-state index contributed by atoms with van der Waals surface area (Å²) in [6, 6.07) is 10.1. The van der Waals surface area contributed by atoms with Crippen molar-refractivity contribution in [2.24, 2.45) is 0 Å². The quantitative estimate of drug-likeness (QED) is 0.795. The number of nitrogens with one attached hydrogen (secondary N) is 1. The lowest BCUT2D eigenvalue weighted by Gasteiger charge is -2.04. The molecule has 0 amide bonds. The molecule has 1 aromatic carbocycles. The first-order chi connectivity index (χ1) is 9.72. The van der Waals surface area contributed by atoms with Crippen LogP contribution >= 0.6 is 15.9 Å². The summed E-state index contributed by atoms with van der Waals surface area (Å²) < 4.78 is 8.61. The van der Waals surface area contributed by atoms with E-state index < -0.39 is 0 Å². The van der Waals surface area contributed by atoms with Gasteiger partial charge in [0.1, 0.15) is 24.2 Å². The highest BCUT2D eigenvalue weighted by atomic mass is 79.9. The average molecular weight is 333 g/mol. The molecule has 102 valence electrons. The Balaban J connectivity index is 1.76. The molecule has 2 aromatic heterocycles. The average Bonchev–Trinajstić information content (AvgIpc) is 3.07. The third-order valence-corrected chi connectivity index (χ3v) is 3.46. The summed E-state index contributed by atoms with van der Waals surface area (Å²) in [4.78, 5) is 0. The normalized spacial score (nSPS) is 10.7. The van der Waals surface area contributed by atoms with Gasteiger partial charge in [-0.15, -0.1) is 10.2 Å². The molecule has 2 heterocycles. The van der Waals surface area contributed by atoms with Crippen molar-refractivity contribution in [3.05, 3.63) is 58.8 Å². The molecule has 0 atom stereocenters. The molecule has 20 heavy (non-hydrogen) atoms. The van der Waals surface area contributed by atoms with Crippen LogP contribution in [0.3, 0.4) is 0 Å². The number of aryl methyl sites for hydroxylation is 1. The summed E-state index contributed by atoms with van der Waals surface area (Å²) >= 11 is 3.47. The minimum Gasteiger partial charge on any atom is -0.459 e. The van der Waals surface area contributed by atoms with Gasteiger partial charge in [-0.05, 0) is 42.8 Å². The van der Waals surface area contributed by atoms with E-state index in [9.17, 15) is 0 Å². The number of rotatable bonds is 4. The molecule has 3 aromatic rings. The summed E-state index contributed by atoms with van der Waals surface area (Å²) in [5, 5.41) is 7.44. The van der Waals surface area contributed by atoms with Gasteiger partial charge in [-0.2, -0.15) is 0 Å². The van der Waals surface area contributed by atoms with Crippen LogP contribution in [0.15, 0.2) is 51.9 Å². The Morgan fingerprint density at radius 2 is 2.00 bits per heavy atom. The predicted molar refractivity (Wildman–Crippen MR) is 79.7 cm³/mol. The van der Waals surface area contributed by atoms with Gasteiger partial charge in [-0.25, -0.2) is 4.68 Å². The number of nitrogens with zero attached hydrogens (tertiary/aromatic N) is 3. The van der Waals surface area contributed by atoms with E-state index in [0.717, 1.165) is 21.6 Å². The van der Waals surface area contributed by atoms with E-state index >= 15 is 0 Å². The third-order valence-electron chi connectivity index (χ3n) is 2.97. The molecule has 3 rings (SSSR count). The molecule has 0 saturated carbocycles. The molecule has 0 bridgehead atoms. The van der Waals surface area contributed by atoms with E-state index in [-0.39, 0.29) is 0 Å². The molecule has 0 aliphatic carbocycles. The molecule has 0 unspecified atom stereocenters. The van der Waals surface area contributed by atoms with Gasteiger partial charge >= 0.3 is 0 Å². The maximum Gasteiger partial charge on any atom is 0.138 e. The fraction of sp³-hybridized carbons (Fsp3) is 0.143. The van der Waals surface area contributed by atoms with Crippen LogP contribution in [0.2, 0.25) is 0 Å². The smallest absolute Gasteiger partial charge is 0.138 e. The van der Waals surface area contributed by atoms with Crippen LogP contribution in [-0.4, -0.2) is 14.9 Å². The number of hydrogen-bond donors (Lipinski definition) is 1. The Bertz CT molecular complexity index is 706. The van der Waals surface area contributed by atoms with Gasteiger partial charge < -0.3 is 9.84 Å². The van der Waals surface area contributed by atoms with Crippen molar-refractivity contribution in [2.75, 3.05) is 5.43 Å². The van der Waals surface area contributed by atoms with Crippen LogP contribution in [-0.2, 0) is 6.54 Å². The summed E-state index contributed by atoms with van der Waals surface area (Å²) in [5.74, 6) is 1.73. The van der Waals surface area contributed by atoms with Crippen molar-refractivity contribution in [1.29, 1.82) is 0 Å². The molecule has 5 nitrogen and oxygen atoms in total. The zero-order chi connectivity index (χ0) is 13.9. The lowest BCUT2D eigenvalue weighted by molar-refractivity contribution is 0.522. The maximum absolute atomic E-state index is 5.86. The molecule has 0 fully saturated rings. The predicted octanol–water partition coefficient (Wildman–Crippen LogP) is 3.35. The lowest BCUT2D eigenvalue weighted by atomic mass is 10.1. The second-order valence-corrected chi connectivity index (χ2v) is 5.34. The topological polar surface area (TPSA) is 55.9 Å². The molecule has 1 N–H and O–H groups in total. The summed E-state index contributed by atoms with van der Waals surface area (Å²) in [6.45, 7) is 2.64. The number of halogens is 1. The summed E-state index contributed by atoms with van der Waals surface area (Å²) in [5.41, 5.74) is 5.39. The first-order valence-electron chi connectivity index (χ1n) is 6.16. The van der Waals surface area contributed by atoms with Gasteiger partial charge in [0.15, 0.2) is 0 Å². The lowest BCUT2D eigenvalue weighted by Crippen LogP contribution is -2.11. The first-order valence-corrected chi connectivity index (χ1v) is 6.95. The minimum absolute atomic E-state index is 0.577. The van der Waals surface area contributed by atoms with Crippen molar-refractivity contribution >= 4 is 15.9 Å². The number of benzene rings is 1. The Morgan fingerprint density at radius 3 is 2.75 bits per heavy atom. The van der Waals surface area contributed by atoms with Crippen LogP contribution in [0, 0.1) is 6.92 Å². The van der Waals surface area contributed by atoms with E-state index in [2.05, 4.69) is 50.6 Å². The van der Waals surface area contributed by atoms with Crippen molar-refractivity contribution in [3.8, 4) is 11.3 Å². The maximum atomic E-state index is 5.86. The summed E-state index contributed by atoms with van der Waals surface area (Å²) in [6.07, 6.45) is 3.20. The van der Waals surface area contributed by atoms with E-state index in [4.69, 9.17) is 4.42 Å². The first kappa shape index (κ1) is 12.9. The molecule has 6 heteroatoms. The van der Waals surface area contributed by atoms with Gasteiger partial charge in [0.2, 0.25) is 0 Å². The van der Waals surface area contributed by atoms with Gasteiger partial charge in [0, 0.05) is 10.0 Å². The van der Waals surface area contributed by atoms with Gasteiger partial charge in [-0.1, -0.05) is 15.9 Å². The van der Waals surface area contributed by atoms with Crippen LogP contribution in [0.25, 0.3) is 11.3 Å². The standard InChI is InChI=1S/C14H13BrN4O/c1-10-6-11(15)2-4-13(10)14-5-3-12(20-14)7-18-19-8-16-17-9-19/h2-6,8-9,18H,7H2,1H3.